The molecule has 0 aromatic heterocycles. The molecule has 4 heteroatoms. The van der Waals surface area contributed by atoms with Crippen molar-refractivity contribution in [3.63, 3.8) is 0 Å². The smallest absolute Gasteiger partial charge is 0.408 e. The van der Waals surface area contributed by atoms with E-state index in [1.807, 2.05) is 34.6 Å². The topological polar surface area (TPSA) is 44.5 Å². The minimum absolute atomic E-state index is 0.0881. The molecule has 1 unspecified atom stereocenters. The predicted molar refractivity (Wildman–Crippen MR) is 51.8 cm³/mol. The van der Waals surface area contributed by atoms with Crippen LogP contribution >= 0.6 is 0 Å². The summed E-state index contributed by atoms with van der Waals surface area (Å²) in [6, 6.07) is 0. The number of hydrogen-bond donors (Lipinski definition) is 1. The van der Waals surface area contributed by atoms with Crippen LogP contribution in [-0.4, -0.2) is 25.3 Å². The zero-order valence-electron chi connectivity index (χ0n) is 8.70. The second-order valence-electron chi connectivity index (χ2n) is 3.60. The Labute approximate surface area is 75.8 Å². The van der Waals surface area contributed by atoms with Crippen molar-refractivity contribution in [3.05, 3.63) is 0 Å². The van der Waals surface area contributed by atoms with Gasteiger partial charge in [-0.15, -0.1) is 0 Å². The maximum absolute atomic E-state index is 5.68. The van der Waals surface area contributed by atoms with Gasteiger partial charge in [-0.2, -0.15) is 0 Å². The van der Waals surface area contributed by atoms with Crippen LogP contribution in [0.2, 0.25) is 0 Å². The fraction of sp³-hybridized carbons (Fsp3) is 1.00. The third-order valence-electron chi connectivity index (χ3n) is 1.24. The Kier molecular flexibility index (Phi) is 5.54. The molecular formula is C8H20BNO2. The van der Waals surface area contributed by atoms with E-state index in [4.69, 9.17) is 15.0 Å². The Bertz CT molecular complexity index is 108. The standard InChI is InChI=1S/C8H20BNO2/c1-6(2)11-9(8(5)10)12-7(3)4/h6-8H,10H2,1-5H3. The summed E-state index contributed by atoms with van der Waals surface area (Å²) in [5.74, 6) is -0.0881. The molecule has 72 valence electrons. The van der Waals surface area contributed by atoms with Crippen molar-refractivity contribution in [1.29, 1.82) is 0 Å². The first-order valence-corrected chi connectivity index (χ1v) is 4.50. The van der Waals surface area contributed by atoms with Crippen LogP contribution in [0.4, 0.5) is 0 Å². The van der Waals surface area contributed by atoms with Crippen molar-refractivity contribution in [2.45, 2.75) is 52.8 Å². The molecule has 12 heavy (non-hydrogen) atoms. The van der Waals surface area contributed by atoms with Crippen LogP contribution in [0.25, 0.3) is 0 Å². The molecule has 0 rings (SSSR count). The molecule has 0 radical (unpaired) electrons. The summed E-state index contributed by atoms with van der Waals surface area (Å²) in [5.41, 5.74) is 5.68. The predicted octanol–water partition coefficient (Wildman–Crippen LogP) is 1.21. The van der Waals surface area contributed by atoms with Gasteiger partial charge in [0.05, 0.1) is 0 Å². The Morgan fingerprint density at radius 3 is 1.42 bits per heavy atom. The van der Waals surface area contributed by atoms with Crippen molar-refractivity contribution in [2.24, 2.45) is 5.73 Å². The first-order chi connectivity index (χ1) is 5.43. The van der Waals surface area contributed by atoms with Gasteiger partial charge in [-0.25, -0.2) is 0 Å². The summed E-state index contributed by atoms with van der Waals surface area (Å²) in [4.78, 5) is 0. The van der Waals surface area contributed by atoms with E-state index in [1.165, 1.54) is 0 Å². The molecule has 0 saturated carbocycles. The summed E-state index contributed by atoms with van der Waals surface area (Å²) < 4.78 is 11.0. The third kappa shape index (κ3) is 5.58. The highest BCUT2D eigenvalue weighted by Gasteiger charge is 2.25. The Morgan fingerprint density at radius 2 is 1.25 bits per heavy atom. The molecular weight excluding hydrogens is 153 g/mol. The van der Waals surface area contributed by atoms with Crippen LogP contribution in [0, 0.1) is 0 Å². The summed E-state index contributed by atoms with van der Waals surface area (Å²) in [7, 11) is -0.287. The molecule has 2 N–H and O–H groups in total. The summed E-state index contributed by atoms with van der Waals surface area (Å²) in [6.45, 7) is 9.77. The van der Waals surface area contributed by atoms with Crippen LogP contribution in [0.15, 0.2) is 0 Å². The highest BCUT2D eigenvalue weighted by atomic mass is 16.6. The van der Waals surface area contributed by atoms with Gasteiger partial charge < -0.3 is 15.0 Å². The van der Waals surface area contributed by atoms with E-state index in [2.05, 4.69) is 0 Å². The minimum atomic E-state index is -0.287. The molecule has 0 aromatic carbocycles. The lowest BCUT2D eigenvalue weighted by Crippen LogP contribution is -2.44. The molecule has 0 heterocycles. The molecule has 0 saturated heterocycles. The van der Waals surface area contributed by atoms with Gasteiger partial charge in [-0.3, -0.25) is 0 Å². The van der Waals surface area contributed by atoms with Crippen LogP contribution in [0.3, 0.4) is 0 Å². The summed E-state index contributed by atoms with van der Waals surface area (Å²) in [6.07, 6.45) is 0.305. The van der Waals surface area contributed by atoms with Crippen molar-refractivity contribution in [1.82, 2.24) is 0 Å². The minimum Gasteiger partial charge on any atom is -0.408 e. The summed E-state index contributed by atoms with van der Waals surface area (Å²) in [5, 5.41) is 0. The van der Waals surface area contributed by atoms with Crippen LogP contribution in [-0.2, 0) is 9.31 Å². The molecule has 0 spiro atoms. The van der Waals surface area contributed by atoms with Crippen LogP contribution < -0.4 is 5.73 Å². The van der Waals surface area contributed by atoms with E-state index in [9.17, 15) is 0 Å². The van der Waals surface area contributed by atoms with Crippen molar-refractivity contribution in [3.8, 4) is 0 Å². The highest BCUT2D eigenvalue weighted by molar-refractivity contribution is 6.46. The first-order valence-electron chi connectivity index (χ1n) is 4.50. The molecule has 0 bridgehead atoms. The quantitative estimate of drug-likeness (QED) is 0.635. The van der Waals surface area contributed by atoms with E-state index in [0.717, 1.165) is 0 Å². The zero-order chi connectivity index (χ0) is 9.72. The molecule has 1 atom stereocenters. The zero-order valence-corrected chi connectivity index (χ0v) is 8.70. The average Bonchev–Trinajstić information content (AvgIpc) is 1.83. The number of nitrogens with two attached hydrogens (primary N) is 1. The van der Waals surface area contributed by atoms with Gasteiger partial charge >= 0.3 is 7.12 Å². The van der Waals surface area contributed by atoms with Crippen LogP contribution in [0.5, 0.6) is 0 Å². The van der Waals surface area contributed by atoms with Gasteiger partial charge in [0.1, 0.15) is 0 Å². The monoisotopic (exact) mass is 173 g/mol. The Morgan fingerprint density at radius 1 is 0.917 bits per heavy atom. The molecule has 0 aliphatic rings. The van der Waals surface area contributed by atoms with Crippen molar-refractivity contribution < 1.29 is 9.31 Å². The summed E-state index contributed by atoms with van der Waals surface area (Å²) >= 11 is 0. The lowest BCUT2D eigenvalue weighted by Gasteiger charge is -2.21. The van der Waals surface area contributed by atoms with Crippen molar-refractivity contribution >= 4 is 7.12 Å². The molecule has 0 aromatic rings. The van der Waals surface area contributed by atoms with Crippen LogP contribution in [0.1, 0.15) is 34.6 Å². The van der Waals surface area contributed by atoms with E-state index >= 15 is 0 Å². The van der Waals surface area contributed by atoms with E-state index < -0.39 is 0 Å². The molecule has 3 nitrogen and oxygen atoms in total. The van der Waals surface area contributed by atoms with E-state index in [-0.39, 0.29) is 25.3 Å². The number of hydrogen-bond acceptors (Lipinski definition) is 3. The van der Waals surface area contributed by atoms with E-state index in [1.54, 1.807) is 0 Å². The second-order valence-corrected chi connectivity index (χ2v) is 3.60. The fourth-order valence-electron chi connectivity index (χ4n) is 0.816. The van der Waals surface area contributed by atoms with E-state index in [0.29, 0.717) is 0 Å². The van der Waals surface area contributed by atoms with Gasteiger partial charge in [-0.1, -0.05) is 6.92 Å². The Hall–Kier alpha value is -0.0551. The fourth-order valence-corrected chi connectivity index (χ4v) is 0.816. The first kappa shape index (κ1) is 11.9. The number of rotatable bonds is 5. The highest BCUT2D eigenvalue weighted by Crippen LogP contribution is 2.02. The molecule has 0 amide bonds. The molecule has 0 aliphatic carbocycles. The Balaban J connectivity index is 3.87. The van der Waals surface area contributed by atoms with Gasteiger partial charge in [0, 0.05) is 18.1 Å². The lowest BCUT2D eigenvalue weighted by atomic mass is 9.79. The maximum Gasteiger partial charge on any atom is 0.474 e. The maximum atomic E-state index is 5.68. The van der Waals surface area contributed by atoms with Gasteiger partial charge in [0.2, 0.25) is 0 Å². The SMILES string of the molecule is CC(C)OB(OC(C)C)C(C)N. The van der Waals surface area contributed by atoms with Gasteiger partial charge in [-0.05, 0) is 27.7 Å². The molecule has 0 fully saturated rings. The van der Waals surface area contributed by atoms with Crippen molar-refractivity contribution in [2.75, 3.05) is 0 Å². The largest absolute Gasteiger partial charge is 0.474 e. The second kappa shape index (κ2) is 5.57. The average molecular weight is 173 g/mol. The van der Waals surface area contributed by atoms with Gasteiger partial charge in [0.25, 0.3) is 0 Å². The third-order valence-corrected chi connectivity index (χ3v) is 1.24. The van der Waals surface area contributed by atoms with Gasteiger partial charge in [0.15, 0.2) is 0 Å². The normalized spacial score (nSPS) is 14.0. The lowest BCUT2D eigenvalue weighted by molar-refractivity contribution is 0.124. The molecule has 0 aliphatic heterocycles.